The molecule has 3 aromatic rings. The van der Waals surface area contributed by atoms with Crippen molar-refractivity contribution in [1.29, 1.82) is 0 Å². The molecular weight excluding hydrogens is 470 g/mol. The van der Waals surface area contributed by atoms with Crippen LogP contribution in [0.15, 0.2) is 70.2 Å². The molecule has 1 N–H and O–H groups in total. The Kier molecular flexibility index (Phi) is 7.11. The standard InChI is InChI=1S/C25H27N3O6S/c1-27(17-24(29)26-16-20-9-6-14-34-20)25(30)19-11-12-22(33-2)23(15-19)35(31,32)28-13-5-8-18-7-3-4-10-21(18)28/h3-4,6-7,9-12,14-15H,5,8,13,16-17H2,1-2H3,(H,26,29). The summed E-state index contributed by atoms with van der Waals surface area (Å²) in [5.41, 5.74) is 1.72. The molecule has 0 unspecified atom stereocenters. The topological polar surface area (TPSA) is 109 Å². The number of methoxy groups -OCH3 is 1. The monoisotopic (exact) mass is 497 g/mol. The molecular formula is C25H27N3O6S. The second kappa shape index (κ2) is 10.2. The fraction of sp³-hybridized carbons (Fsp3) is 0.280. The highest BCUT2D eigenvalue weighted by atomic mass is 32.2. The predicted molar refractivity (Wildman–Crippen MR) is 130 cm³/mol. The number of para-hydroxylation sites is 1. The summed E-state index contributed by atoms with van der Waals surface area (Å²) in [5.74, 6) is -0.125. The molecule has 10 heteroatoms. The van der Waals surface area contributed by atoms with E-state index in [1.807, 2.05) is 12.1 Å². The fourth-order valence-electron chi connectivity index (χ4n) is 4.04. The van der Waals surface area contributed by atoms with Gasteiger partial charge in [0.2, 0.25) is 5.91 Å². The average Bonchev–Trinajstić information content (AvgIpc) is 3.40. The Hall–Kier alpha value is -3.79. The number of aryl methyl sites for hydroxylation is 1. The summed E-state index contributed by atoms with van der Waals surface area (Å²) in [6.45, 7) is 0.333. The van der Waals surface area contributed by atoms with E-state index in [-0.39, 0.29) is 35.2 Å². The van der Waals surface area contributed by atoms with Crippen LogP contribution in [0.3, 0.4) is 0 Å². The van der Waals surface area contributed by atoms with Crippen LogP contribution >= 0.6 is 0 Å². The summed E-state index contributed by atoms with van der Waals surface area (Å²) < 4.78 is 39.3. The van der Waals surface area contributed by atoms with Gasteiger partial charge < -0.3 is 19.4 Å². The number of ether oxygens (including phenoxy) is 1. The summed E-state index contributed by atoms with van der Waals surface area (Å²) in [5, 5.41) is 2.68. The number of likely N-dealkylation sites (N-methyl/N-ethyl adjacent to an activating group) is 1. The maximum absolute atomic E-state index is 13.7. The van der Waals surface area contributed by atoms with Gasteiger partial charge in [0, 0.05) is 19.2 Å². The predicted octanol–water partition coefficient (Wildman–Crippen LogP) is 2.82. The largest absolute Gasteiger partial charge is 0.495 e. The summed E-state index contributed by atoms with van der Waals surface area (Å²) in [4.78, 5) is 26.4. The first kappa shape index (κ1) is 24.3. The SMILES string of the molecule is COc1ccc(C(=O)N(C)CC(=O)NCc2ccco2)cc1S(=O)(=O)N1CCCc2ccccc21. The molecule has 9 nitrogen and oxygen atoms in total. The van der Waals surface area contributed by atoms with Crippen LogP contribution in [0.2, 0.25) is 0 Å². The summed E-state index contributed by atoms with van der Waals surface area (Å²) in [6, 6.07) is 15.1. The van der Waals surface area contributed by atoms with Crippen LogP contribution in [0.5, 0.6) is 5.75 Å². The molecule has 0 bridgehead atoms. The maximum Gasteiger partial charge on any atom is 0.268 e. The number of carbonyl (C=O) groups excluding carboxylic acids is 2. The number of carbonyl (C=O) groups is 2. The van der Waals surface area contributed by atoms with Crippen molar-refractivity contribution in [2.24, 2.45) is 0 Å². The minimum Gasteiger partial charge on any atom is -0.495 e. The first-order chi connectivity index (χ1) is 16.8. The minimum absolute atomic E-state index is 0.0989. The van der Waals surface area contributed by atoms with E-state index in [4.69, 9.17) is 9.15 Å². The Morgan fingerprint density at radius 3 is 2.69 bits per heavy atom. The lowest BCUT2D eigenvalue weighted by molar-refractivity contribution is -0.121. The number of hydrogen-bond donors (Lipinski definition) is 1. The molecule has 0 atom stereocenters. The number of nitrogens with zero attached hydrogens (tertiary/aromatic N) is 2. The van der Waals surface area contributed by atoms with Crippen molar-refractivity contribution in [1.82, 2.24) is 10.2 Å². The molecule has 0 fully saturated rings. The van der Waals surface area contributed by atoms with Gasteiger partial charge in [-0.05, 0) is 54.8 Å². The van der Waals surface area contributed by atoms with E-state index >= 15 is 0 Å². The number of benzene rings is 2. The molecule has 2 amide bonds. The molecule has 0 spiro atoms. The Bertz CT molecular complexity index is 1320. The van der Waals surface area contributed by atoms with Crippen molar-refractivity contribution in [2.45, 2.75) is 24.3 Å². The molecule has 35 heavy (non-hydrogen) atoms. The Morgan fingerprint density at radius 1 is 1.14 bits per heavy atom. The summed E-state index contributed by atoms with van der Waals surface area (Å²) in [6.07, 6.45) is 2.99. The Labute approximate surface area is 204 Å². The number of amides is 2. The van der Waals surface area contributed by atoms with Crippen LogP contribution in [0.1, 0.15) is 28.1 Å². The Balaban J connectivity index is 1.55. The van der Waals surface area contributed by atoms with Gasteiger partial charge in [-0.1, -0.05) is 18.2 Å². The Morgan fingerprint density at radius 2 is 1.94 bits per heavy atom. The van der Waals surface area contributed by atoms with Crippen LogP contribution in [0.25, 0.3) is 0 Å². The third-order valence-corrected chi connectivity index (χ3v) is 7.65. The zero-order valence-electron chi connectivity index (χ0n) is 19.6. The van der Waals surface area contributed by atoms with Gasteiger partial charge in [-0.25, -0.2) is 8.42 Å². The lowest BCUT2D eigenvalue weighted by Crippen LogP contribution is -2.38. The van der Waals surface area contributed by atoms with Crippen LogP contribution in [-0.2, 0) is 27.8 Å². The normalized spacial score (nSPS) is 13.1. The maximum atomic E-state index is 13.7. The first-order valence-electron chi connectivity index (χ1n) is 11.1. The molecule has 0 radical (unpaired) electrons. The van der Waals surface area contributed by atoms with Gasteiger partial charge in [0.1, 0.15) is 16.4 Å². The third kappa shape index (κ3) is 5.17. The molecule has 184 valence electrons. The smallest absolute Gasteiger partial charge is 0.268 e. The van der Waals surface area contributed by atoms with Gasteiger partial charge in [0.15, 0.2) is 0 Å². The fourth-order valence-corrected chi connectivity index (χ4v) is 5.77. The van der Waals surface area contributed by atoms with Crippen LogP contribution in [0, 0.1) is 0 Å². The van der Waals surface area contributed by atoms with E-state index in [2.05, 4.69) is 5.32 Å². The average molecular weight is 498 g/mol. The van der Waals surface area contributed by atoms with Gasteiger partial charge in [0.25, 0.3) is 15.9 Å². The molecule has 1 aromatic heterocycles. The van der Waals surface area contributed by atoms with Gasteiger partial charge in [-0.3, -0.25) is 13.9 Å². The highest BCUT2D eigenvalue weighted by molar-refractivity contribution is 7.93. The van der Waals surface area contributed by atoms with Crippen LogP contribution in [-0.4, -0.2) is 52.4 Å². The molecule has 2 aromatic carbocycles. The lowest BCUT2D eigenvalue weighted by atomic mass is 10.0. The molecule has 0 saturated heterocycles. The number of rotatable bonds is 8. The van der Waals surface area contributed by atoms with Crippen molar-refractivity contribution >= 4 is 27.5 Å². The zero-order chi connectivity index (χ0) is 25.0. The van der Waals surface area contributed by atoms with Gasteiger partial charge in [-0.15, -0.1) is 0 Å². The highest BCUT2D eigenvalue weighted by Gasteiger charge is 2.32. The number of hydrogen-bond acceptors (Lipinski definition) is 6. The first-order valence-corrected chi connectivity index (χ1v) is 12.6. The van der Waals surface area contributed by atoms with Gasteiger partial charge in [-0.2, -0.15) is 0 Å². The number of sulfonamides is 1. The zero-order valence-corrected chi connectivity index (χ0v) is 20.4. The van der Waals surface area contributed by atoms with E-state index in [9.17, 15) is 18.0 Å². The lowest BCUT2D eigenvalue weighted by Gasteiger charge is -2.31. The van der Waals surface area contributed by atoms with Crippen molar-refractivity contribution in [3.8, 4) is 5.75 Å². The second-order valence-electron chi connectivity index (χ2n) is 8.19. The van der Waals surface area contributed by atoms with E-state index in [1.54, 1.807) is 24.3 Å². The highest BCUT2D eigenvalue weighted by Crippen LogP contribution is 2.35. The molecule has 0 saturated carbocycles. The van der Waals surface area contributed by atoms with E-state index in [1.165, 1.54) is 47.8 Å². The quantitative estimate of drug-likeness (QED) is 0.513. The van der Waals surface area contributed by atoms with Crippen LogP contribution in [0.4, 0.5) is 5.69 Å². The van der Waals surface area contributed by atoms with E-state index in [0.717, 1.165) is 12.0 Å². The third-order valence-electron chi connectivity index (χ3n) is 5.81. The van der Waals surface area contributed by atoms with Crippen molar-refractivity contribution in [3.63, 3.8) is 0 Å². The minimum atomic E-state index is -4.01. The van der Waals surface area contributed by atoms with Crippen LogP contribution < -0.4 is 14.4 Å². The summed E-state index contributed by atoms with van der Waals surface area (Å²) >= 11 is 0. The van der Waals surface area contributed by atoms with Gasteiger partial charge >= 0.3 is 0 Å². The number of anilines is 1. The summed E-state index contributed by atoms with van der Waals surface area (Å²) in [7, 11) is -1.14. The van der Waals surface area contributed by atoms with E-state index < -0.39 is 15.9 Å². The number of fused-ring (bicyclic) bond motifs is 1. The molecule has 2 heterocycles. The van der Waals surface area contributed by atoms with Crippen molar-refractivity contribution < 1.29 is 27.2 Å². The molecule has 0 aliphatic carbocycles. The molecule has 4 rings (SSSR count). The van der Waals surface area contributed by atoms with Crippen molar-refractivity contribution in [3.05, 3.63) is 77.7 Å². The van der Waals surface area contributed by atoms with E-state index in [0.29, 0.717) is 24.4 Å². The van der Waals surface area contributed by atoms with Crippen molar-refractivity contribution in [2.75, 3.05) is 31.6 Å². The number of furan rings is 1. The molecule has 1 aliphatic heterocycles. The van der Waals surface area contributed by atoms with Gasteiger partial charge in [0.05, 0.1) is 32.1 Å². The second-order valence-corrected chi connectivity index (χ2v) is 10.0. The number of nitrogens with one attached hydrogen (secondary N) is 1. The molecule has 1 aliphatic rings.